The number of halogens is 1. The van der Waals surface area contributed by atoms with Crippen molar-refractivity contribution >= 4 is 27.6 Å². The number of allylic oxidation sites excluding steroid dienone is 1. The fourth-order valence-corrected chi connectivity index (χ4v) is 2.61. The number of carbonyl (C=O) groups excluding carboxylic acids is 1. The maximum atomic E-state index is 11.5. The van der Waals surface area contributed by atoms with Gasteiger partial charge in [0.1, 0.15) is 0 Å². The molecule has 0 aromatic heterocycles. The van der Waals surface area contributed by atoms with Gasteiger partial charge in [-0.1, -0.05) is 26.0 Å². The first-order chi connectivity index (χ1) is 9.72. The van der Waals surface area contributed by atoms with Crippen LogP contribution in [0.2, 0.25) is 0 Å². The van der Waals surface area contributed by atoms with Crippen molar-refractivity contribution in [3.05, 3.63) is 40.5 Å². The van der Waals surface area contributed by atoms with E-state index in [1.54, 1.807) is 6.08 Å². The molecule has 2 rings (SSSR count). The highest BCUT2D eigenvalue weighted by Crippen LogP contribution is 2.33. The Kier molecular flexibility index (Phi) is 7.37. The van der Waals surface area contributed by atoms with E-state index in [1.807, 2.05) is 45.0 Å². The first-order valence-electron chi connectivity index (χ1n) is 7.11. The van der Waals surface area contributed by atoms with Crippen LogP contribution in [0.15, 0.2) is 40.5 Å². The van der Waals surface area contributed by atoms with Crippen LogP contribution in [0.4, 0.5) is 5.69 Å². The smallest absolute Gasteiger partial charge is 0.332 e. The Morgan fingerprint density at radius 3 is 2.75 bits per heavy atom. The second kappa shape index (κ2) is 8.80. The lowest BCUT2D eigenvalue weighted by Crippen LogP contribution is -2.18. The molecule has 1 fully saturated rings. The highest BCUT2D eigenvalue weighted by Gasteiger charge is 2.21. The molecule has 1 aromatic carbocycles. The lowest BCUT2D eigenvalue weighted by atomic mass is 10.2. The van der Waals surface area contributed by atoms with Crippen molar-refractivity contribution in [1.29, 1.82) is 0 Å². The SMILES string of the molecule is CC.CCOC(=O)/C=C1\CCCN1c1ccccc1Br. The van der Waals surface area contributed by atoms with Crippen LogP contribution in [0.1, 0.15) is 33.6 Å². The van der Waals surface area contributed by atoms with Crippen molar-refractivity contribution < 1.29 is 9.53 Å². The molecule has 4 heteroatoms. The zero-order chi connectivity index (χ0) is 15.0. The minimum absolute atomic E-state index is 0.258. The van der Waals surface area contributed by atoms with Gasteiger partial charge in [-0.2, -0.15) is 0 Å². The summed E-state index contributed by atoms with van der Waals surface area (Å²) in [6, 6.07) is 8.04. The Bertz CT molecular complexity index is 471. The van der Waals surface area contributed by atoms with Crippen LogP contribution in [0.3, 0.4) is 0 Å². The van der Waals surface area contributed by atoms with E-state index in [0.29, 0.717) is 6.61 Å². The summed E-state index contributed by atoms with van der Waals surface area (Å²) in [6.45, 7) is 7.17. The predicted molar refractivity (Wildman–Crippen MR) is 86.8 cm³/mol. The summed E-state index contributed by atoms with van der Waals surface area (Å²) < 4.78 is 6.01. The lowest BCUT2D eigenvalue weighted by Gasteiger charge is -2.21. The van der Waals surface area contributed by atoms with Crippen LogP contribution < -0.4 is 4.90 Å². The van der Waals surface area contributed by atoms with Crippen molar-refractivity contribution in [2.24, 2.45) is 0 Å². The maximum absolute atomic E-state index is 11.5. The molecular weight excluding hydrogens is 318 g/mol. The maximum Gasteiger partial charge on any atom is 0.332 e. The largest absolute Gasteiger partial charge is 0.463 e. The number of esters is 1. The molecule has 0 radical (unpaired) electrons. The number of ether oxygens (including phenoxy) is 1. The van der Waals surface area contributed by atoms with Crippen LogP contribution in [0.5, 0.6) is 0 Å². The topological polar surface area (TPSA) is 29.5 Å². The van der Waals surface area contributed by atoms with Gasteiger partial charge in [-0.15, -0.1) is 0 Å². The van der Waals surface area contributed by atoms with Gasteiger partial charge in [-0.3, -0.25) is 0 Å². The minimum Gasteiger partial charge on any atom is -0.463 e. The summed E-state index contributed by atoms with van der Waals surface area (Å²) >= 11 is 3.55. The molecule has 1 aliphatic rings. The Morgan fingerprint density at radius 1 is 1.40 bits per heavy atom. The number of carbonyl (C=O) groups is 1. The van der Waals surface area contributed by atoms with Gasteiger partial charge in [0, 0.05) is 22.8 Å². The Balaban J connectivity index is 0.000000956. The van der Waals surface area contributed by atoms with Gasteiger partial charge in [0.15, 0.2) is 0 Å². The Labute approximate surface area is 129 Å². The zero-order valence-corrected chi connectivity index (χ0v) is 13.9. The van der Waals surface area contributed by atoms with E-state index in [0.717, 1.165) is 35.2 Å². The summed E-state index contributed by atoms with van der Waals surface area (Å²) in [5, 5.41) is 0. The van der Waals surface area contributed by atoms with E-state index in [4.69, 9.17) is 4.74 Å². The van der Waals surface area contributed by atoms with Gasteiger partial charge in [0.25, 0.3) is 0 Å². The van der Waals surface area contributed by atoms with Gasteiger partial charge >= 0.3 is 5.97 Å². The molecule has 0 atom stereocenters. The van der Waals surface area contributed by atoms with Crippen molar-refractivity contribution in [1.82, 2.24) is 0 Å². The summed E-state index contributed by atoms with van der Waals surface area (Å²) in [5.74, 6) is -0.258. The van der Waals surface area contributed by atoms with Crippen LogP contribution in [0.25, 0.3) is 0 Å². The van der Waals surface area contributed by atoms with E-state index in [2.05, 4.69) is 20.8 Å². The average Bonchev–Trinajstić information content (AvgIpc) is 2.90. The predicted octanol–water partition coefficient (Wildman–Crippen LogP) is 4.52. The minimum atomic E-state index is -0.258. The van der Waals surface area contributed by atoms with Gasteiger partial charge < -0.3 is 9.64 Å². The van der Waals surface area contributed by atoms with Crippen molar-refractivity contribution in [2.75, 3.05) is 18.1 Å². The molecule has 0 spiro atoms. The molecule has 1 aromatic rings. The summed E-state index contributed by atoms with van der Waals surface area (Å²) in [6.07, 6.45) is 3.59. The summed E-state index contributed by atoms with van der Waals surface area (Å²) in [7, 11) is 0. The quantitative estimate of drug-likeness (QED) is 0.598. The van der Waals surface area contributed by atoms with Crippen LogP contribution in [0, 0.1) is 0 Å². The molecule has 0 saturated carbocycles. The van der Waals surface area contributed by atoms with Crippen LogP contribution in [-0.4, -0.2) is 19.1 Å². The standard InChI is InChI=1S/C14H16BrNO2.C2H6/c1-2-18-14(17)10-11-6-5-9-16(11)13-8-4-3-7-12(13)15;1-2/h3-4,7-8,10H,2,5-6,9H2,1H3;1-2H3/b11-10+;. The molecule has 0 unspecified atom stereocenters. The number of anilines is 1. The fourth-order valence-electron chi connectivity index (χ4n) is 2.11. The van der Waals surface area contributed by atoms with Crippen molar-refractivity contribution in [3.8, 4) is 0 Å². The number of para-hydroxylation sites is 1. The average molecular weight is 340 g/mol. The Hall–Kier alpha value is -1.29. The molecule has 0 amide bonds. The molecule has 1 aliphatic heterocycles. The zero-order valence-electron chi connectivity index (χ0n) is 12.4. The third-order valence-electron chi connectivity index (χ3n) is 2.88. The second-order valence-electron chi connectivity index (χ2n) is 4.09. The number of rotatable bonds is 3. The fraction of sp³-hybridized carbons (Fsp3) is 0.438. The number of nitrogens with zero attached hydrogens (tertiary/aromatic N) is 1. The highest BCUT2D eigenvalue weighted by atomic mass is 79.9. The van der Waals surface area contributed by atoms with E-state index in [9.17, 15) is 4.79 Å². The third-order valence-corrected chi connectivity index (χ3v) is 3.55. The molecule has 1 saturated heterocycles. The number of hydrogen-bond acceptors (Lipinski definition) is 3. The monoisotopic (exact) mass is 339 g/mol. The van der Waals surface area contributed by atoms with E-state index in [1.165, 1.54) is 0 Å². The lowest BCUT2D eigenvalue weighted by molar-refractivity contribution is -0.137. The van der Waals surface area contributed by atoms with Gasteiger partial charge in [-0.25, -0.2) is 4.79 Å². The Morgan fingerprint density at radius 2 is 2.10 bits per heavy atom. The molecule has 0 aliphatic carbocycles. The van der Waals surface area contributed by atoms with E-state index < -0.39 is 0 Å². The number of hydrogen-bond donors (Lipinski definition) is 0. The second-order valence-corrected chi connectivity index (χ2v) is 4.95. The van der Waals surface area contributed by atoms with Gasteiger partial charge in [0.05, 0.1) is 12.3 Å². The molecule has 0 N–H and O–H groups in total. The molecule has 20 heavy (non-hydrogen) atoms. The first-order valence-corrected chi connectivity index (χ1v) is 7.91. The molecule has 110 valence electrons. The van der Waals surface area contributed by atoms with Crippen molar-refractivity contribution in [2.45, 2.75) is 33.6 Å². The third kappa shape index (κ3) is 4.37. The van der Waals surface area contributed by atoms with Gasteiger partial charge in [0.2, 0.25) is 0 Å². The molecule has 3 nitrogen and oxygen atoms in total. The first kappa shape index (κ1) is 16.8. The number of benzene rings is 1. The molecule has 1 heterocycles. The van der Waals surface area contributed by atoms with E-state index in [-0.39, 0.29) is 5.97 Å². The summed E-state index contributed by atoms with van der Waals surface area (Å²) in [4.78, 5) is 13.7. The van der Waals surface area contributed by atoms with E-state index >= 15 is 0 Å². The van der Waals surface area contributed by atoms with Crippen LogP contribution >= 0.6 is 15.9 Å². The highest BCUT2D eigenvalue weighted by molar-refractivity contribution is 9.10. The van der Waals surface area contributed by atoms with Gasteiger partial charge in [-0.05, 0) is 47.8 Å². The van der Waals surface area contributed by atoms with Crippen LogP contribution in [-0.2, 0) is 9.53 Å². The normalized spacial score (nSPS) is 15.8. The summed E-state index contributed by atoms with van der Waals surface area (Å²) in [5.41, 5.74) is 2.13. The molecular formula is C16H22BrNO2. The van der Waals surface area contributed by atoms with Crippen molar-refractivity contribution in [3.63, 3.8) is 0 Å². The molecule has 0 bridgehead atoms.